The van der Waals surface area contributed by atoms with Crippen LogP contribution in [0.15, 0.2) is 24.3 Å². The predicted octanol–water partition coefficient (Wildman–Crippen LogP) is 2.50. The molecule has 0 radical (unpaired) electrons. The molecule has 0 fully saturated rings. The van der Waals surface area contributed by atoms with Gasteiger partial charge in [0.15, 0.2) is 0 Å². The second-order valence-corrected chi connectivity index (χ2v) is 4.29. The van der Waals surface area contributed by atoms with Crippen molar-refractivity contribution in [2.75, 3.05) is 17.7 Å². The van der Waals surface area contributed by atoms with Crippen molar-refractivity contribution in [2.45, 2.75) is 26.3 Å². The van der Waals surface area contributed by atoms with Crippen molar-refractivity contribution in [1.82, 2.24) is 0 Å². The van der Waals surface area contributed by atoms with E-state index in [9.17, 15) is 0 Å². The quantitative estimate of drug-likeness (QED) is 0.669. The van der Waals surface area contributed by atoms with Crippen molar-refractivity contribution in [3.05, 3.63) is 24.3 Å². The minimum atomic E-state index is 0.107. The Balaban J connectivity index is 3.02. The topological polar surface area (TPSA) is 29.3 Å². The van der Waals surface area contributed by atoms with E-state index in [1.54, 1.807) is 0 Å². The fraction of sp³-hybridized carbons (Fsp3) is 0.455. The Morgan fingerprint density at radius 1 is 1.15 bits per heavy atom. The maximum absolute atomic E-state index is 5.88. The van der Waals surface area contributed by atoms with Gasteiger partial charge in [-0.3, -0.25) is 0 Å². The van der Waals surface area contributed by atoms with Gasteiger partial charge in [0.1, 0.15) is 0 Å². The molecule has 0 unspecified atom stereocenters. The maximum Gasteiger partial charge on any atom is 0.0601 e. The number of nitrogens with zero attached hydrogens (tertiary/aromatic N) is 1. The summed E-state index contributed by atoms with van der Waals surface area (Å²) in [5.41, 5.74) is 7.91. The van der Waals surface area contributed by atoms with E-state index in [0.29, 0.717) is 0 Å². The lowest BCUT2D eigenvalue weighted by Crippen LogP contribution is -2.38. The van der Waals surface area contributed by atoms with Crippen LogP contribution < -0.4 is 10.6 Å². The lowest BCUT2D eigenvalue weighted by Gasteiger charge is -2.34. The third kappa shape index (κ3) is 2.14. The van der Waals surface area contributed by atoms with E-state index in [1.165, 1.54) is 0 Å². The summed E-state index contributed by atoms with van der Waals surface area (Å²) in [6.45, 7) is 6.50. The van der Waals surface area contributed by atoms with Crippen molar-refractivity contribution >= 4 is 11.4 Å². The van der Waals surface area contributed by atoms with Gasteiger partial charge in [-0.1, -0.05) is 12.1 Å². The molecule has 1 rings (SSSR count). The van der Waals surface area contributed by atoms with Crippen LogP contribution in [0.3, 0.4) is 0 Å². The van der Waals surface area contributed by atoms with Crippen LogP contribution in [0.25, 0.3) is 0 Å². The Kier molecular flexibility index (Phi) is 2.50. The average molecular weight is 178 g/mol. The molecule has 0 bridgehead atoms. The molecule has 2 heteroatoms. The molecule has 13 heavy (non-hydrogen) atoms. The molecule has 0 saturated heterocycles. The highest BCUT2D eigenvalue weighted by atomic mass is 15.2. The minimum Gasteiger partial charge on any atom is -0.397 e. The maximum atomic E-state index is 5.88. The summed E-state index contributed by atoms with van der Waals surface area (Å²) >= 11 is 0. The van der Waals surface area contributed by atoms with E-state index in [-0.39, 0.29) is 5.54 Å². The first-order valence-corrected chi connectivity index (χ1v) is 4.51. The number of hydrogen-bond acceptors (Lipinski definition) is 2. The number of benzene rings is 1. The molecule has 0 aliphatic heterocycles. The second kappa shape index (κ2) is 3.29. The Labute approximate surface area is 80.4 Å². The van der Waals surface area contributed by atoms with Crippen molar-refractivity contribution in [3.8, 4) is 0 Å². The second-order valence-electron chi connectivity index (χ2n) is 4.29. The van der Waals surface area contributed by atoms with Crippen molar-refractivity contribution < 1.29 is 0 Å². The third-order valence-corrected chi connectivity index (χ3v) is 2.30. The highest BCUT2D eigenvalue weighted by Gasteiger charge is 2.18. The molecule has 1 aromatic rings. The standard InChI is InChI=1S/C11H18N2/c1-11(2,3)13(4)10-8-6-5-7-9(10)12/h5-8H,12H2,1-4H3. The molecule has 0 heterocycles. The molecule has 2 N–H and O–H groups in total. The zero-order valence-corrected chi connectivity index (χ0v) is 8.83. The van der Waals surface area contributed by atoms with Gasteiger partial charge in [0.05, 0.1) is 11.4 Å². The Hall–Kier alpha value is -1.18. The normalized spacial score (nSPS) is 11.4. The minimum absolute atomic E-state index is 0.107. The number of para-hydroxylation sites is 2. The summed E-state index contributed by atoms with van der Waals surface area (Å²) in [6.07, 6.45) is 0. The fourth-order valence-electron chi connectivity index (χ4n) is 1.15. The highest BCUT2D eigenvalue weighted by Crippen LogP contribution is 2.26. The number of rotatable bonds is 1. The molecule has 2 nitrogen and oxygen atoms in total. The Morgan fingerprint density at radius 3 is 2.15 bits per heavy atom. The summed E-state index contributed by atoms with van der Waals surface area (Å²) < 4.78 is 0. The summed E-state index contributed by atoms with van der Waals surface area (Å²) in [5.74, 6) is 0. The zero-order valence-electron chi connectivity index (χ0n) is 8.83. The summed E-state index contributed by atoms with van der Waals surface area (Å²) in [5, 5.41) is 0. The average Bonchev–Trinajstić information content (AvgIpc) is 2.02. The predicted molar refractivity (Wildman–Crippen MR) is 59.0 cm³/mol. The highest BCUT2D eigenvalue weighted by molar-refractivity contribution is 5.67. The molecule has 0 spiro atoms. The largest absolute Gasteiger partial charge is 0.397 e. The van der Waals surface area contributed by atoms with Crippen LogP contribution in [0.1, 0.15) is 20.8 Å². The van der Waals surface area contributed by atoms with Crippen LogP contribution in [-0.2, 0) is 0 Å². The van der Waals surface area contributed by atoms with Crippen LogP contribution in [0.2, 0.25) is 0 Å². The number of nitrogens with two attached hydrogens (primary N) is 1. The van der Waals surface area contributed by atoms with Crippen LogP contribution >= 0.6 is 0 Å². The SMILES string of the molecule is CN(c1ccccc1N)C(C)(C)C. The van der Waals surface area contributed by atoms with E-state index in [4.69, 9.17) is 5.73 Å². The summed E-state index contributed by atoms with van der Waals surface area (Å²) in [7, 11) is 2.06. The van der Waals surface area contributed by atoms with E-state index in [0.717, 1.165) is 11.4 Å². The van der Waals surface area contributed by atoms with E-state index in [2.05, 4.69) is 32.7 Å². The van der Waals surface area contributed by atoms with Crippen molar-refractivity contribution in [3.63, 3.8) is 0 Å². The smallest absolute Gasteiger partial charge is 0.0601 e. The van der Waals surface area contributed by atoms with Crippen molar-refractivity contribution in [2.24, 2.45) is 0 Å². The molecule has 0 atom stereocenters. The summed E-state index contributed by atoms with van der Waals surface area (Å²) in [4.78, 5) is 2.18. The molecular formula is C11H18N2. The van der Waals surface area contributed by atoms with Crippen LogP contribution in [-0.4, -0.2) is 12.6 Å². The molecule has 0 aliphatic carbocycles. The summed E-state index contributed by atoms with van der Waals surface area (Å²) in [6, 6.07) is 7.93. The van der Waals surface area contributed by atoms with Crippen molar-refractivity contribution in [1.29, 1.82) is 0 Å². The third-order valence-electron chi connectivity index (χ3n) is 2.30. The van der Waals surface area contributed by atoms with Gasteiger partial charge in [0, 0.05) is 12.6 Å². The molecule has 0 aliphatic rings. The lowest BCUT2D eigenvalue weighted by atomic mass is 10.1. The number of nitrogen functional groups attached to an aromatic ring is 1. The van der Waals surface area contributed by atoms with Gasteiger partial charge >= 0.3 is 0 Å². The first-order chi connectivity index (χ1) is 5.93. The van der Waals surface area contributed by atoms with E-state index >= 15 is 0 Å². The first-order valence-electron chi connectivity index (χ1n) is 4.51. The van der Waals surface area contributed by atoms with Gasteiger partial charge in [-0.25, -0.2) is 0 Å². The van der Waals surface area contributed by atoms with Crippen LogP contribution in [0.5, 0.6) is 0 Å². The Bertz CT molecular complexity index is 286. The van der Waals surface area contributed by atoms with Gasteiger partial charge < -0.3 is 10.6 Å². The molecular weight excluding hydrogens is 160 g/mol. The Morgan fingerprint density at radius 2 is 1.69 bits per heavy atom. The van der Waals surface area contributed by atoms with Gasteiger partial charge in [-0.15, -0.1) is 0 Å². The molecule has 1 aromatic carbocycles. The first kappa shape index (κ1) is 9.90. The number of anilines is 2. The molecule has 0 amide bonds. The number of hydrogen-bond donors (Lipinski definition) is 1. The van der Waals surface area contributed by atoms with E-state index < -0.39 is 0 Å². The zero-order chi connectivity index (χ0) is 10.1. The molecule has 0 aromatic heterocycles. The lowest BCUT2D eigenvalue weighted by molar-refractivity contribution is 0.539. The molecule has 72 valence electrons. The van der Waals surface area contributed by atoms with Gasteiger partial charge in [-0.05, 0) is 32.9 Å². The van der Waals surface area contributed by atoms with Gasteiger partial charge in [0.25, 0.3) is 0 Å². The molecule has 0 saturated carbocycles. The van der Waals surface area contributed by atoms with Gasteiger partial charge in [-0.2, -0.15) is 0 Å². The van der Waals surface area contributed by atoms with Crippen LogP contribution in [0, 0.1) is 0 Å². The van der Waals surface area contributed by atoms with E-state index in [1.807, 2.05) is 24.3 Å². The monoisotopic (exact) mass is 178 g/mol. The van der Waals surface area contributed by atoms with Crippen LogP contribution in [0.4, 0.5) is 11.4 Å². The fourth-order valence-corrected chi connectivity index (χ4v) is 1.15. The van der Waals surface area contributed by atoms with Gasteiger partial charge in [0.2, 0.25) is 0 Å².